The first-order valence-electron chi connectivity index (χ1n) is 5.34. The Kier molecular flexibility index (Phi) is 5.37. The number of rotatable bonds is 7. The van der Waals surface area contributed by atoms with Gasteiger partial charge >= 0.3 is 5.97 Å². The van der Waals surface area contributed by atoms with Crippen LogP contribution in [0.15, 0.2) is 10.5 Å². The van der Waals surface area contributed by atoms with Crippen molar-refractivity contribution in [1.29, 1.82) is 0 Å². The van der Waals surface area contributed by atoms with Gasteiger partial charge in [-0.15, -0.1) is 0 Å². The Morgan fingerprint density at radius 1 is 1.59 bits per heavy atom. The summed E-state index contributed by atoms with van der Waals surface area (Å²) < 4.78 is 16.1. The van der Waals surface area contributed by atoms with E-state index in [0.717, 1.165) is 13.0 Å². The van der Waals surface area contributed by atoms with E-state index in [1.807, 2.05) is 0 Å². The number of carboxylic acid groups (broad SMARTS) is 1. The van der Waals surface area contributed by atoms with E-state index >= 15 is 0 Å². The van der Waals surface area contributed by atoms with Crippen molar-refractivity contribution >= 4 is 16.8 Å². The van der Waals surface area contributed by atoms with Gasteiger partial charge < -0.3 is 14.8 Å². The molecule has 0 saturated heterocycles. The predicted octanol–water partition coefficient (Wildman–Crippen LogP) is 1.14. The molecule has 0 bridgehead atoms. The Bertz CT molecular complexity index is 414. The Hall–Kier alpha value is -1.14. The van der Waals surface area contributed by atoms with Crippen LogP contribution in [-0.4, -0.2) is 33.8 Å². The lowest BCUT2D eigenvalue weighted by Crippen LogP contribution is -2.16. The van der Waals surface area contributed by atoms with Crippen molar-refractivity contribution in [3.63, 3.8) is 0 Å². The van der Waals surface area contributed by atoms with Crippen LogP contribution in [-0.2, 0) is 17.3 Å². The van der Waals surface area contributed by atoms with Crippen molar-refractivity contribution in [1.82, 2.24) is 5.32 Å². The Labute approximate surface area is 103 Å². The topological polar surface area (TPSA) is 79.5 Å². The van der Waals surface area contributed by atoms with Gasteiger partial charge in [0.1, 0.15) is 17.1 Å². The van der Waals surface area contributed by atoms with E-state index in [2.05, 4.69) is 5.32 Å². The molecule has 0 saturated carbocycles. The molecule has 96 valence electrons. The van der Waals surface area contributed by atoms with E-state index < -0.39 is 16.8 Å². The van der Waals surface area contributed by atoms with E-state index in [0.29, 0.717) is 23.8 Å². The quantitative estimate of drug-likeness (QED) is 0.718. The maximum Gasteiger partial charge on any atom is 0.339 e. The molecule has 1 heterocycles. The van der Waals surface area contributed by atoms with Crippen LogP contribution in [0, 0.1) is 6.92 Å². The molecule has 1 atom stereocenters. The highest BCUT2D eigenvalue weighted by molar-refractivity contribution is 7.84. The third kappa shape index (κ3) is 4.70. The van der Waals surface area contributed by atoms with Gasteiger partial charge in [-0.25, -0.2) is 4.79 Å². The van der Waals surface area contributed by atoms with Crippen molar-refractivity contribution < 1.29 is 18.5 Å². The first-order valence-corrected chi connectivity index (χ1v) is 7.06. The van der Waals surface area contributed by atoms with Gasteiger partial charge in [-0.2, -0.15) is 0 Å². The summed E-state index contributed by atoms with van der Waals surface area (Å²) in [7, 11) is -0.760. The summed E-state index contributed by atoms with van der Waals surface area (Å²) in [6, 6.07) is 1.53. The maximum atomic E-state index is 10.8. The average molecular weight is 259 g/mol. The summed E-state index contributed by atoms with van der Waals surface area (Å²) >= 11 is 0. The smallest absolute Gasteiger partial charge is 0.339 e. The van der Waals surface area contributed by atoms with E-state index in [-0.39, 0.29) is 5.56 Å². The van der Waals surface area contributed by atoms with Gasteiger partial charge in [0.05, 0.1) is 6.54 Å². The van der Waals surface area contributed by atoms with Crippen molar-refractivity contribution in [2.75, 3.05) is 18.6 Å². The summed E-state index contributed by atoms with van der Waals surface area (Å²) in [5, 5.41) is 12.0. The van der Waals surface area contributed by atoms with Gasteiger partial charge in [-0.05, 0) is 26.0 Å². The number of aryl methyl sites for hydroxylation is 1. The highest BCUT2D eigenvalue weighted by atomic mass is 32.2. The fraction of sp³-hybridized carbons (Fsp3) is 0.545. The van der Waals surface area contributed by atoms with Crippen molar-refractivity contribution in [2.24, 2.45) is 0 Å². The largest absolute Gasteiger partial charge is 0.478 e. The maximum absolute atomic E-state index is 10.8. The molecule has 5 nitrogen and oxygen atoms in total. The summed E-state index contributed by atoms with van der Waals surface area (Å²) in [6.07, 6.45) is 2.50. The molecule has 17 heavy (non-hydrogen) atoms. The SMILES string of the molecule is Cc1oc(CNCCCS(C)=O)cc1C(=O)O. The Balaban J connectivity index is 2.35. The van der Waals surface area contributed by atoms with Crippen molar-refractivity contribution in [3.05, 3.63) is 23.2 Å². The fourth-order valence-electron chi connectivity index (χ4n) is 1.46. The zero-order valence-corrected chi connectivity index (χ0v) is 10.8. The first kappa shape index (κ1) is 13.9. The third-order valence-electron chi connectivity index (χ3n) is 2.28. The highest BCUT2D eigenvalue weighted by Crippen LogP contribution is 2.14. The molecule has 0 amide bonds. The van der Waals surface area contributed by atoms with Crippen LogP contribution in [0.25, 0.3) is 0 Å². The minimum atomic E-state index is -0.973. The van der Waals surface area contributed by atoms with Crippen molar-refractivity contribution in [2.45, 2.75) is 19.9 Å². The van der Waals surface area contributed by atoms with Gasteiger partial charge in [0.25, 0.3) is 0 Å². The Morgan fingerprint density at radius 3 is 2.82 bits per heavy atom. The zero-order chi connectivity index (χ0) is 12.8. The zero-order valence-electron chi connectivity index (χ0n) is 9.99. The van der Waals surface area contributed by atoms with E-state index in [1.165, 1.54) is 6.07 Å². The summed E-state index contributed by atoms with van der Waals surface area (Å²) in [5.41, 5.74) is 0.205. The molecule has 1 aromatic rings. The molecule has 0 aliphatic heterocycles. The molecule has 0 aromatic carbocycles. The van der Waals surface area contributed by atoms with Crippen LogP contribution in [0.3, 0.4) is 0 Å². The lowest BCUT2D eigenvalue weighted by atomic mass is 10.2. The fourth-order valence-corrected chi connectivity index (χ4v) is 2.01. The molecule has 0 aliphatic carbocycles. The summed E-state index contributed by atoms with van der Waals surface area (Å²) in [5.74, 6) is 0.727. The third-order valence-corrected chi connectivity index (χ3v) is 3.15. The molecule has 1 unspecified atom stereocenters. The van der Waals surface area contributed by atoms with Crippen LogP contribution in [0.1, 0.15) is 28.3 Å². The normalized spacial score (nSPS) is 12.6. The number of carboxylic acids is 1. The molecule has 0 spiro atoms. The molecule has 0 radical (unpaired) electrons. The molecular weight excluding hydrogens is 242 g/mol. The van der Waals surface area contributed by atoms with Gasteiger partial charge in [-0.1, -0.05) is 0 Å². The molecule has 6 heteroatoms. The standard InChI is InChI=1S/C11H17NO4S/c1-8-10(11(13)14)6-9(16-8)7-12-4-3-5-17(2)15/h6,12H,3-5,7H2,1-2H3,(H,13,14). The van der Waals surface area contributed by atoms with Crippen LogP contribution < -0.4 is 5.32 Å². The molecule has 2 N–H and O–H groups in total. The first-order chi connectivity index (χ1) is 8.00. The van der Waals surface area contributed by atoms with E-state index in [4.69, 9.17) is 9.52 Å². The Morgan fingerprint density at radius 2 is 2.29 bits per heavy atom. The number of furan rings is 1. The van der Waals surface area contributed by atoms with Crippen LogP contribution >= 0.6 is 0 Å². The number of nitrogens with one attached hydrogen (secondary N) is 1. The van der Waals surface area contributed by atoms with Crippen LogP contribution in [0.5, 0.6) is 0 Å². The number of carbonyl (C=O) groups is 1. The molecule has 1 aromatic heterocycles. The second-order valence-corrected chi connectivity index (χ2v) is 5.35. The second-order valence-electron chi connectivity index (χ2n) is 3.80. The average Bonchev–Trinajstić information content (AvgIpc) is 2.59. The summed E-state index contributed by atoms with van der Waals surface area (Å²) in [4.78, 5) is 10.8. The van der Waals surface area contributed by atoms with Gasteiger partial charge in [0.2, 0.25) is 0 Å². The lowest BCUT2D eigenvalue weighted by molar-refractivity contribution is 0.0695. The predicted molar refractivity (Wildman–Crippen MR) is 65.7 cm³/mol. The van der Waals surface area contributed by atoms with Gasteiger partial charge in [-0.3, -0.25) is 4.21 Å². The second kappa shape index (κ2) is 6.56. The lowest BCUT2D eigenvalue weighted by Gasteiger charge is -2.00. The highest BCUT2D eigenvalue weighted by Gasteiger charge is 2.12. The monoisotopic (exact) mass is 259 g/mol. The van der Waals surface area contributed by atoms with E-state index in [1.54, 1.807) is 13.2 Å². The number of aromatic carboxylic acids is 1. The number of hydrogen-bond acceptors (Lipinski definition) is 4. The van der Waals surface area contributed by atoms with Crippen molar-refractivity contribution in [3.8, 4) is 0 Å². The minimum absolute atomic E-state index is 0.205. The molecule has 1 rings (SSSR count). The summed E-state index contributed by atoms with van der Waals surface area (Å²) in [6.45, 7) is 2.86. The number of hydrogen-bond donors (Lipinski definition) is 2. The van der Waals surface area contributed by atoms with E-state index in [9.17, 15) is 9.00 Å². The molecule has 0 fully saturated rings. The minimum Gasteiger partial charge on any atom is -0.478 e. The van der Waals surface area contributed by atoms with Gasteiger partial charge in [0, 0.05) is 22.8 Å². The van der Waals surface area contributed by atoms with Crippen LogP contribution in [0.4, 0.5) is 0 Å². The van der Waals surface area contributed by atoms with Crippen LogP contribution in [0.2, 0.25) is 0 Å². The molecular formula is C11H17NO4S. The van der Waals surface area contributed by atoms with Gasteiger partial charge in [0.15, 0.2) is 0 Å². The molecule has 0 aliphatic rings.